The molecule has 1 N–H and O–H groups in total. The molecular formula is C11H20N2O2. The number of piperazine rings is 1. The fraction of sp³-hybridized carbons (Fsp3) is 0.909. The highest BCUT2D eigenvalue weighted by Crippen LogP contribution is 2.18. The Bertz CT molecular complexity index is 227. The van der Waals surface area contributed by atoms with Crippen molar-refractivity contribution in [2.45, 2.75) is 25.8 Å². The summed E-state index contributed by atoms with van der Waals surface area (Å²) in [6.45, 7) is 6.41. The third kappa shape index (κ3) is 2.69. The van der Waals surface area contributed by atoms with Gasteiger partial charge in [-0.1, -0.05) is 0 Å². The number of carbonyl (C=O) groups excluding carboxylic acids is 1. The first-order valence-electron chi connectivity index (χ1n) is 5.85. The summed E-state index contributed by atoms with van der Waals surface area (Å²) in [7, 11) is 0. The van der Waals surface area contributed by atoms with Gasteiger partial charge < -0.3 is 15.0 Å². The lowest BCUT2D eigenvalue weighted by Gasteiger charge is -2.34. The molecule has 1 amide bonds. The predicted molar refractivity (Wildman–Crippen MR) is 57.6 cm³/mol. The Balaban J connectivity index is 1.83. The number of amides is 1. The molecular weight excluding hydrogens is 192 g/mol. The zero-order chi connectivity index (χ0) is 10.7. The smallest absolute Gasteiger partial charge is 0.223 e. The van der Waals surface area contributed by atoms with Crippen LogP contribution >= 0.6 is 0 Å². The molecule has 1 unspecified atom stereocenters. The van der Waals surface area contributed by atoms with Gasteiger partial charge in [0.25, 0.3) is 0 Å². The van der Waals surface area contributed by atoms with Gasteiger partial charge in [0.2, 0.25) is 5.91 Å². The maximum atomic E-state index is 12.0. The Kier molecular flexibility index (Phi) is 3.59. The highest BCUT2D eigenvalue weighted by atomic mass is 16.5. The summed E-state index contributed by atoms with van der Waals surface area (Å²) in [5, 5.41) is 3.29. The van der Waals surface area contributed by atoms with Crippen molar-refractivity contribution < 1.29 is 9.53 Å². The van der Waals surface area contributed by atoms with E-state index in [1.165, 1.54) is 0 Å². The van der Waals surface area contributed by atoms with Gasteiger partial charge in [0, 0.05) is 45.3 Å². The second-order valence-electron chi connectivity index (χ2n) is 4.57. The van der Waals surface area contributed by atoms with Crippen LogP contribution in [0.1, 0.15) is 19.8 Å². The van der Waals surface area contributed by atoms with Gasteiger partial charge in [-0.3, -0.25) is 4.79 Å². The van der Waals surface area contributed by atoms with Gasteiger partial charge in [-0.25, -0.2) is 0 Å². The summed E-state index contributed by atoms with van der Waals surface area (Å²) in [5.74, 6) is 0.763. The van der Waals surface area contributed by atoms with E-state index in [-0.39, 0.29) is 0 Å². The molecule has 2 fully saturated rings. The van der Waals surface area contributed by atoms with Gasteiger partial charge in [0.15, 0.2) is 0 Å². The highest BCUT2D eigenvalue weighted by molar-refractivity contribution is 5.77. The van der Waals surface area contributed by atoms with E-state index in [1.807, 2.05) is 4.90 Å². The van der Waals surface area contributed by atoms with Crippen molar-refractivity contribution in [3.63, 3.8) is 0 Å². The average molecular weight is 212 g/mol. The molecule has 4 nitrogen and oxygen atoms in total. The second kappa shape index (κ2) is 4.94. The lowest BCUT2D eigenvalue weighted by Crippen LogP contribution is -2.52. The second-order valence-corrected chi connectivity index (χ2v) is 4.57. The van der Waals surface area contributed by atoms with Crippen LogP contribution in [0.3, 0.4) is 0 Å². The maximum Gasteiger partial charge on any atom is 0.223 e. The van der Waals surface area contributed by atoms with Crippen LogP contribution in [0.2, 0.25) is 0 Å². The number of rotatable bonds is 2. The summed E-state index contributed by atoms with van der Waals surface area (Å²) in [5.41, 5.74) is 0. The third-order valence-electron chi connectivity index (χ3n) is 3.31. The molecule has 0 saturated carbocycles. The number of ether oxygens (including phenoxy) is 1. The molecule has 2 atom stereocenters. The van der Waals surface area contributed by atoms with Crippen molar-refractivity contribution >= 4 is 5.91 Å². The molecule has 15 heavy (non-hydrogen) atoms. The van der Waals surface area contributed by atoms with Crippen LogP contribution < -0.4 is 5.32 Å². The fourth-order valence-corrected chi connectivity index (χ4v) is 2.32. The maximum absolute atomic E-state index is 12.0. The van der Waals surface area contributed by atoms with E-state index in [0.29, 0.717) is 24.3 Å². The molecule has 2 heterocycles. The number of carbonyl (C=O) groups is 1. The molecule has 2 saturated heterocycles. The van der Waals surface area contributed by atoms with E-state index in [1.54, 1.807) is 0 Å². The van der Waals surface area contributed by atoms with Crippen molar-refractivity contribution in [2.75, 3.05) is 32.8 Å². The van der Waals surface area contributed by atoms with Crippen molar-refractivity contribution in [2.24, 2.45) is 5.92 Å². The molecule has 2 aliphatic heterocycles. The standard InChI is InChI=1S/C11H20N2O2/c1-9-7-12-3-4-13(9)11(14)6-10-2-5-15-8-10/h9-10,12H,2-8H2,1H3/t9-,10?/m1/s1. The minimum Gasteiger partial charge on any atom is -0.381 e. The van der Waals surface area contributed by atoms with Crippen molar-refractivity contribution in [3.05, 3.63) is 0 Å². The number of nitrogens with zero attached hydrogens (tertiary/aromatic N) is 1. The molecule has 0 aromatic rings. The van der Waals surface area contributed by atoms with Crippen LogP contribution in [-0.4, -0.2) is 49.7 Å². The van der Waals surface area contributed by atoms with Crippen LogP contribution in [0.5, 0.6) is 0 Å². The number of hydrogen-bond donors (Lipinski definition) is 1. The van der Waals surface area contributed by atoms with Crippen molar-refractivity contribution in [3.8, 4) is 0 Å². The molecule has 2 rings (SSSR count). The van der Waals surface area contributed by atoms with Gasteiger partial charge >= 0.3 is 0 Å². The quantitative estimate of drug-likeness (QED) is 0.712. The molecule has 0 aliphatic carbocycles. The van der Waals surface area contributed by atoms with E-state index in [9.17, 15) is 4.79 Å². The Morgan fingerprint density at radius 2 is 2.47 bits per heavy atom. The van der Waals surface area contributed by atoms with Gasteiger partial charge in [0.1, 0.15) is 0 Å². The molecule has 0 spiro atoms. The lowest BCUT2D eigenvalue weighted by molar-refractivity contribution is -0.135. The lowest BCUT2D eigenvalue weighted by atomic mass is 10.0. The Hall–Kier alpha value is -0.610. The van der Waals surface area contributed by atoms with Crippen LogP contribution in [0.4, 0.5) is 0 Å². The molecule has 0 aromatic heterocycles. The topological polar surface area (TPSA) is 41.6 Å². The summed E-state index contributed by atoms with van der Waals surface area (Å²) >= 11 is 0. The molecule has 0 aromatic carbocycles. The van der Waals surface area contributed by atoms with Crippen LogP contribution in [0, 0.1) is 5.92 Å². The van der Waals surface area contributed by atoms with Gasteiger partial charge in [-0.05, 0) is 19.3 Å². The summed E-state index contributed by atoms with van der Waals surface area (Å²) in [6, 6.07) is 0.341. The van der Waals surface area contributed by atoms with E-state index in [0.717, 1.165) is 39.3 Å². The molecule has 4 heteroatoms. The first kappa shape index (κ1) is 10.9. The Morgan fingerprint density at radius 3 is 3.13 bits per heavy atom. The van der Waals surface area contributed by atoms with Crippen LogP contribution in [0.15, 0.2) is 0 Å². The monoisotopic (exact) mass is 212 g/mol. The average Bonchev–Trinajstić information content (AvgIpc) is 2.71. The first-order chi connectivity index (χ1) is 7.27. The van der Waals surface area contributed by atoms with Crippen molar-refractivity contribution in [1.82, 2.24) is 10.2 Å². The highest BCUT2D eigenvalue weighted by Gasteiger charge is 2.26. The van der Waals surface area contributed by atoms with E-state index >= 15 is 0 Å². The Morgan fingerprint density at radius 1 is 1.60 bits per heavy atom. The SMILES string of the molecule is C[C@@H]1CNCCN1C(=O)CC1CCOC1. The summed E-state index contributed by atoms with van der Waals surface area (Å²) in [6.07, 6.45) is 1.72. The number of hydrogen-bond acceptors (Lipinski definition) is 3. The van der Waals surface area contributed by atoms with Crippen molar-refractivity contribution in [1.29, 1.82) is 0 Å². The molecule has 0 bridgehead atoms. The Labute approximate surface area is 91.0 Å². The van der Waals surface area contributed by atoms with E-state index in [4.69, 9.17) is 4.74 Å². The predicted octanol–water partition coefficient (Wildman–Crippen LogP) is 0.233. The van der Waals surface area contributed by atoms with Gasteiger partial charge in [0.05, 0.1) is 0 Å². The largest absolute Gasteiger partial charge is 0.381 e. The summed E-state index contributed by atoms with van der Waals surface area (Å²) in [4.78, 5) is 14.0. The van der Waals surface area contributed by atoms with E-state index in [2.05, 4.69) is 12.2 Å². The normalized spacial score (nSPS) is 31.9. The van der Waals surface area contributed by atoms with Gasteiger partial charge in [-0.15, -0.1) is 0 Å². The summed E-state index contributed by atoms with van der Waals surface area (Å²) < 4.78 is 5.29. The van der Waals surface area contributed by atoms with E-state index < -0.39 is 0 Å². The van der Waals surface area contributed by atoms with Gasteiger partial charge in [-0.2, -0.15) is 0 Å². The molecule has 0 radical (unpaired) electrons. The minimum atomic E-state index is 0.305. The third-order valence-corrected chi connectivity index (χ3v) is 3.31. The minimum absolute atomic E-state index is 0.305. The molecule has 2 aliphatic rings. The first-order valence-corrected chi connectivity index (χ1v) is 5.85. The van der Waals surface area contributed by atoms with Crippen LogP contribution in [0.25, 0.3) is 0 Å². The zero-order valence-corrected chi connectivity index (χ0v) is 9.37. The number of nitrogens with one attached hydrogen (secondary N) is 1. The zero-order valence-electron chi connectivity index (χ0n) is 9.37. The molecule has 86 valence electrons. The van der Waals surface area contributed by atoms with Crippen LogP contribution in [-0.2, 0) is 9.53 Å². The fourth-order valence-electron chi connectivity index (χ4n) is 2.32.